The van der Waals surface area contributed by atoms with Crippen LogP contribution in [0.15, 0.2) is 28.2 Å². The molecule has 1 atom stereocenters. The van der Waals surface area contributed by atoms with Gasteiger partial charge in [-0.3, -0.25) is 9.98 Å². The van der Waals surface area contributed by atoms with Gasteiger partial charge in [-0.15, -0.1) is 0 Å². The molecule has 1 N–H and O–H groups in total. The minimum absolute atomic E-state index is 0.165. The van der Waals surface area contributed by atoms with E-state index in [0.717, 1.165) is 22.0 Å². The molecule has 0 bridgehead atoms. The summed E-state index contributed by atoms with van der Waals surface area (Å²) >= 11 is 0. The molecule has 20 heavy (non-hydrogen) atoms. The van der Waals surface area contributed by atoms with Crippen molar-refractivity contribution in [2.45, 2.75) is 13.0 Å². The highest BCUT2D eigenvalue weighted by molar-refractivity contribution is 6.03. The van der Waals surface area contributed by atoms with Crippen LogP contribution < -0.4 is 0 Å². The third kappa shape index (κ3) is 2.22. The zero-order valence-corrected chi connectivity index (χ0v) is 11.4. The van der Waals surface area contributed by atoms with Crippen LogP contribution in [0.4, 0.5) is 0 Å². The van der Waals surface area contributed by atoms with Crippen molar-refractivity contribution in [1.82, 2.24) is 4.98 Å². The van der Waals surface area contributed by atoms with Crippen molar-refractivity contribution < 1.29 is 9.53 Å². The maximum Gasteiger partial charge on any atom is 0.354 e. The van der Waals surface area contributed by atoms with Crippen molar-refractivity contribution in [1.29, 1.82) is 0 Å². The maximum absolute atomic E-state index is 11.8. The molecule has 2 heterocycles. The summed E-state index contributed by atoms with van der Waals surface area (Å²) in [6, 6.07) is 6.04. The zero-order chi connectivity index (χ0) is 14.1. The number of hydrogen-bond acceptors (Lipinski definition) is 4. The van der Waals surface area contributed by atoms with E-state index in [1.165, 1.54) is 0 Å². The van der Waals surface area contributed by atoms with Crippen LogP contribution in [0.1, 0.15) is 34.6 Å². The van der Waals surface area contributed by atoms with Crippen LogP contribution in [0.5, 0.6) is 0 Å². The topological polar surface area (TPSA) is 66.8 Å². The van der Waals surface area contributed by atoms with E-state index in [-0.39, 0.29) is 12.0 Å². The Morgan fingerprint density at radius 3 is 2.95 bits per heavy atom. The Labute approximate surface area is 116 Å². The first kappa shape index (κ1) is 12.6. The molecule has 1 aliphatic heterocycles. The number of carbonyl (C=O) groups is 1. The van der Waals surface area contributed by atoms with Crippen LogP contribution in [-0.2, 0) is 4.74 Å². The third-order valence-corrected chi connectivity index (χ3v) is 3.20. The molecule has 0 saturated carbocycles. The van der Waals surface area contributed by atoms with Crippen LogP contribution in [0.25, 0.3) is 10.9 Å². The number of carbonyl (C=O) groups excluding carboxylic acids is 1. The number of benzene rings is 1. The number of esters is 1. The fraction of sp³-hybridized carbons (Fsp3) is 0.267. The summed E-state index contributed by atoms with van der Waals surface area (Å²) in [4.78, 5) is 23.2. The third-order valence-electron chi connectivity index (χ3n) is 3.20. The predicted octanol–water partition coefficient (Wildman–Crippen LogP) is 2.52. The quantitative estimate of drug-likeness (QED) is 0.684. The number of H-pyrrole nitrogens is 1. The molecule has 3 rings (SSSR count). The molecular formula is C15H15N3O2. The molecule has 1 aromatic heterocycles. The van der Waals surface area contributed by atoms with E-state index in [9.17, 15) is 4.79 Å². The van der Waals surface area contributed by atoms with E-state index in [4.69, 9.17) is 4.74 Å². The average Bonchev–Trinajstić information content (AvgIpc) is 3.18. The number of aliphatic imine (C=N–C) groups is 2. The van der Waals surface area contributed by atoms with Gasteiger partial charge in [0, 0.05) is 35.9 Å². The second-order valence-electron chi connectivity index (χ2n) is 4.61. The molecule has 0 saturated heterocycles. The standard InChI is InChI=1S/C15H15N3O2/c1-3-20-15(19)13-6-11-10(7-16-2)4-9(14-8-17-14)5-12(11)18-13/h4-8,14,18H,3H2,1-2H3/b16-7+. The first-order chi connectivity index (χ1) is 9.72. The number of nitrogens with one attached hydrogen (secondary N) is 1. The Bertz CT molecular complexity index is 722. The predicted molar refractivity (Wildman–Crippen MR) is 79.0 cm³/mol. The van der Waals surface area contributed by atoms with Crippen molar-refractivity contribution in [3.63, 3.8) is 0 Å². The molecule has 0 fully saturated rings. The van der Waals surface area contributed by atoms with E-state index in [1.54, 1.807) is 20.2 Å². The number of aromatic amines is 1. The van der Waals surface area contributed by atoms with Crippen molar-refractivity contribution in [2.24, 2.45) is 9.98 Å². The van der Waals surface area contributed by atoms with Crippen LogP contribution in [0, 0.1) is 0 Å². The van der Waals surface area contributed by atoms with Gasteiger partial charge < -0.3 is 9.72 Å². The maximum atomic E-state index is 11.8. The van der Waals surface area contributed by atoms with E-state index >= 15 is 0 Å². The summed E-state index contributed by atoms with van der Waals surface area (Å²) in [5.41, 5.74) is 3.43. The lowest BCUT2D eigenvalue weighted by atomic mass is 10.0. The van der Waals surface area contributed by atoms with Gasteiger partial charge in [0.25, 0.3) is 0 Å². The summed E-state index contributed by atoms with van der Waals surface area (Å²) < 4.78 is 5.02. The number of aromatic nitrogens is 1. The van der Waals surface area contributed by atoms with E-state index in [0.29, 0.717) is 12.3 Å². The Morgan fingerprint density at radius 1 is 1.50 bits per heavy atom. The lowest BCUT2D eigenvalue weighted by Crippen LogP contribution is -2.04. The van der Waals surface area contributed by atoms with Crippen molar-refractivity contribution >= 4 is 29.3 Å². The minimum Gasteiger partial charge on any atom is -0.461 e. The molecule has 5 nitrogen and oxygen atoms in total. The SMILES string of the molecule is CCOC(=O)c1cc2c(/C=N/C)cc(C3C=N3)cc2[nH]1. The summed E-state index contributed by atoms with van der Waals surface area (Å²) in [6.07, 6.45) is 3.68. The minimum atomic E-state index is -0.340. The Kier molecular flexibility index (Phi) is 3.10. The van der Waals surface area contributed by atoms with E-state index < -0.39 is 0 Å². The first-order valence-electron chi connectivity index (χ1n) is 6.52. The smallest absolute Gasteiger partial charge is 0.354 e. The number of rotatable bonds is 4. The number of hydrogen-bond donors (Lipinski definition) is 1. The summed E-state index contributed by atoms with van der Waals surface area (Å²) in [5.74, 6) is -0.340. The van der Waals surface area contributed by atoms with Crippen LogP contribution in [0.2, 0.25) is 0 Å². The van der Waals surface area contributed by atoms with Crippen molar-refractivity contribution in [3.05, 3.63) is 35.0 Å². The van der Waals surface area contributed by atoms with Gasteiger partial charge in [0.1, 0.15) is 11.7 Å². The summed E-state index contributed by atoms with van der Waals surface area (Å²) in [7, 11) is 1.73. The number of fused-ring (bicyclic) bond motifs is 1. The molecule has 1 aliphatic rings. The molecule has 1 aromatic carbocycles. The summed E-state index contributed by atoms with van der Waals surface area (Å²) in [5, 5.41) is 0.961. The Morgan fingerprint density at radius 2 is 2.30 bits per heavy atom. The van der Waals surface area contributed by atoms with Crippen LogP contribution >= 0.6 is 0 Å². The van der Waals surface area contributed by atoms with Crippen molar-refractivity contribution in [2.75, 3.05) is 13.7 Å². The highest BCUT2D eigenvalue weighted by Gasteiger charge is 2.19. The second kappa shape index (κ2) is 4.92. The Hall–Kier alpha value is -2.43. The molecule has 1 unspecified atom stereocenters. The largest absolute Gasteiger partial charge is 0.461 e. The van der Waals surface area contributed by atoms with Crippen LogP contribution in [0.3, 0.4) is 0 Å². The molecule has 0 aliphatic carbocycles. The molecular weight excluding hydrogens is 254 g/mol. The van der Waals surface area contributed by atoms with Gasteiger partial charge in [-0.25, -0.2) is 4.79 Å². The summed E-state index contributed by atoms with van der Waals surface area (Å²) in [6.45, 7) is 2.15. The molecule has 0 amide bonds. The van der Waals surface area contributed by atoms with Crippen molar-refractivity contribution in [3.8, 4) is 0 Å². The van der Waals surface area contributed by atoms with E-state index in [1.807, 2.05) is 18.3 Å². The fourth-order valence-corrected chi connectivity index (χ4v) is 2.24. The average molecular weight is 269 g/mol. The molecule has 0 radical (unpaired) electrons. The van der Waals surface area contributed by atoms with E-state index in [2.05, 4.69) is 21.0 Å². The zero-order valence-electron chi connectivity index (χ0n) is 11.4. The number of ether oxygens (including phenoxy) is 1. The molecule has 102 valence electrons. The first-order valence-corrected chi connectivity index (χ1v) is 6.52. The van der Waals surface area contributed by atoms with Gasteiger partial charge in [-0.05, 0) is 30.7 Å². The monoisotopic (exact) mass is 269 g/mol. The van der Waals surface area contributed by atoms with Gasteiger partial charge in [0.15, 0.2) is 0 Å². The lowest BCUT2D eigenvalue weighted by molar-refractivity contribution is 0.0520. The molecule has 2 aromatic rings. The lowest BCUT2D eigenvalue weighted by Gasteiger charge is -2.01. The van der Waals surface area contributed by atoms with Gasteiger partial charge in [-0.2, -0.15) is 0 Å². The molecule has 0 spiro atoms. The number of nitrogens with zero attached hydrogens (tertiary/aromatic N) is 2. The van der Waals surface area contributed by atoms with Gasteiger partial charge in [0.2, 0.25) is 0 Å². The Balaban J connectivity index is 2.10. The fourth-order valence-electron chi connectivity index (χ4n) is 2.24. The highest BCUT2D eigenvalue weighted by atomic mass is 16.5. The normalized spacial score (nSPS) is 17.0. The van der Waals surface area contributed by atoms with Gasteiger partial charge >= 0.3 is 5.97 Å². The highest BCUT2D eigenvalue weighted by Crippen LogP contribution is 2.30. The second-order valence-corrected chi connectivity index (χ2v) is 4.61. The van der Waals surface area contributed by atoms with Gasteiger partial charge in [0.05, 0.1) is 6.61 Å². The van der Waals surface area contributed by atoms with Gasteiger partial charge in [-0.1, -0.05) is 0 Å². The van der Waals surface area contributed by atoms with Crippen LogP contribution in [-0.4, -0.2) is 37.0 Å². The molecule has 5 heteroatoms.